The van der Waals surface area contributed by atoms with E-state index in [1.807, 2.05) is 30.3 Å². The third kappa shape index (κ3) is 5.40. The topological polar surface area (TPSA) is 66.5 Å². The van der Waals surface area contributed by atoms with E-state index >= 15 is 0 Å². The van der Waals surface area contributed by atoms with E-state index < -0.39 is 10.0 Å². The van der Waals surface area contributed by atoms with E-state index in [9.17, 15) is 13.2 Å². The molecular weight excluding hydrogens is 428 g/mol. The fourth-order valence-electron chi connectivity index (χ4n) is 2.72. The number of amides is 1. The molecule has 1 atom stereocenters. The van der Waals surface area contributed by atoms with Gasteiger partial charge in [-0.2, -0.15) is 0 Å². The van der Waals surface area contributed by atoms with Crippen molar-refractivity contribution in [1.82, 2.24) is 9.62 Å². The van der Waals surface area contributed by atoms with Gasteiger partial charge in [-0.05, 0) is 52.0 Å². The molecule has 1 unspecified atom stereocenters. The van der Waals surface area contributed by atoms with Crippen molar-refractivity contribution >= 4 is 31.9 Å². The highest BCUT2D eigenvalue weighted by Crippen LogP contribution is 2.26. The van der Waals surface area contributed by atoms with Crippen molar-refractivity contribution in [2.24, 2.45) is 5.92 Å². The summed E-state index contributed by atoms with van der Waals surface area (Å²) in [4.78, 5) is 12.9. The second kappa shape index (κ2) is 8.99. The van der Waals surface area contributed by atoms with Crippen molar-refractivity contribution in [3.05, 3.63) is 64.1 Å². The molecule has 0 aliphatic rings. The molecule has 1 N–H and O–H groups in total. The van der Waals surface area contributed by atoms with Gasteiger partial charge in [-0.15, -0.1) is 0 Å². The highest BCUT2D eigenvalue weighted by atomic mass is 79.9. The maximum Gasteiger partial charge on any atom is 0.251 e. The Morgan fingerprint density at radius 3 is 2.30 bits per heavy atom. The molecule has 2 aromatic carbocycles. The molecule has 0 fully saturated rings. The van der Waals surface area contributed by atoms with E-state index in [1.54, 1.807) is 12.1 Å². The van der Waals surface area contributed by atoms with E-state index in [0.29, 0.717) is 16.0 Å². The van der Waals surface area contributed by atoms with Crippen molar-refractivity contribution in [2.45, 2.75) is 31.2 Å². The molecule has 0 aliphatic heterocycles. The van der Waals surface area contributed by atoms with Crippen molar-refractivity contribution in [3.8, 4) is 0 Å². The van der Waals surface area contributed by atoms with Gasteiger partial charge in [0.15, 0.2) is 0 Å². The lowest BCUT2D eigenvalue weighted by atomic mass is 9.96. The summed E-state index contributed by atoms with van der Waals surface area (Å²) >= 11 is 3.27. The number of rotatable bonds is 7. The largest absolute Gasteiger partial charge is 0.345 e. The Bertz CT molecular complexity index is 897. The molecule has 0 radical (unpaired) electrons. The molecule has 27 heavy (non-hydrogen) atoms. The predicted octanol–water partition coefficient (Wildman–Crippen LogP) is 4.22. The van der Waals surface area contributed by atoms with Crippen LogP contribution in [0, 0.1) is 5.92 Å². The lowest BCUT2D eigenvalue weighted by Crippen LogP contribution is -2.30. The van der Waals surface area contributed by atoms with Crippen LogP contribution in [0.1, 0.15) is 42.2 Å². The molecule has 2 rings (SSSR count). The lowest BCUT2D eigenvalue weighted by molar-refractivity contribution is 0.0931. The van der Waals surface area contributed by atoms with Gasteiger partial charge < -0.3 is 5.32 Å². The van der Waals surface area contributed by atoms with Crippen LogP contribution in [0.5, 0.6) is 0 Å². The van der Waals surface area contributed by atoms with Crippen LogP contribution in [0.15, 0.2) is 57.9 Å². The maximum atomic E-state index is 12.8. The molecule has 0 saturated carbocycles. The van der Waals surface area contributed by atoms with E-state index in [4.69, 9.17) is 0 Å². The second-order valence-electron chi connectivity index (χ2n) is 7.00. The Morgan fingerprint density at radius 1 is 1.11 bits per heavy atom. The van der Waals surface area contributed by atoms with Crippen molar-refractivity contribution in [2.75, 3.05) is 14.1 Å². The van der Waals surface area contributed by atoms with Gasteiger partial charge in [0.2, 0.25) is 10.0 Å². The van der Waals surface area contributed by atoms with Crippen molar-refractivity contribution in [3.63, 3.8) is 0 Å². The fraction of sp³-hybridized carbons (Fsp3) is 0.350. The lowest BCUT2D eigenvalue weighted by Gasteiger charge is -2.21. The van der Waals surface area contributed by atoms with Crippen molar-refractivity contribution < 1.29 is 13.2 Å². The zero-order valence-corrected chi connectivity index (χ0v) is 18.3. The van der Waals surface area contributed by atoms with Crippen LogP contribution < -0.4 is 5.32 Å². The minimum atomic E-state index is -3.66. The Balaban J connectivity index is 2.34. The maximum absolute atomic E-state index is 12.8. The number of sulfonamides is 1. The number of hydrogen-bond acceptors (Lipinski definition) is 3. The van der Waals surface area contributed by atoms with Crippen LogP contribution in [0.4, 0.5) is 0 Å². The minimum absolute atomic E-state index is 0.0697. The van der Waals surface area contributed by atoms with Gasteiger partial charge in [-0.25, -0.2) is 12.7 Å². The van der Waals surface area contributed by atoms with Gasteiger partial charge in [0, 0.05) is 24.1 Å². The van der Waals surface area contributed by atoms with Gasteiger partial charge >= 0.3 is 0 Å². The molecule has 2 aromatic rings. The first-order valence-corrected chi connectivity index (χ1v) is 10.9. The van der Waals surface area contributed by atoms with E-state index in [1.165, 1.54) is 20.2 Å². The zero-order chi connectivity index (χ0) is 20.2. The summed E-state index contributed by atoms with van der Waals surface area (Å²) in [6.07, 6.45) is 0.787. The molecule has 146 valence electrons. The summed E-state index contributed by atoms with van der Waals surface area (Å²) in [6.45, 7) is 4.20. The smallest absolute Gasteiger partial charge is 0.251 e. The SMILES string of the molecule is CC(C)CC(NC(=O)c1ccc(Br)c(S(=O)(=O)N(C)C)c1)c1ccccc1. The monoisotopic (exact) mass is 452 g/mol. The molecule has 0 aliphatic carbocycles. The van der Waals surface area contributed by atoms with Gasteiger partial charge in [0.1, 0.15) is 0 Å². The summed E-state index contributed by atoms with van der Waals surface area (Å²) in [5.74, 6) is 0.0947. The average molecular weight is 453 g/mol. The van der Waals surface area contributed by atoms with Crippen LogP contribution in [0.25, 0.3) is 0 Å². The van der Waals surface area contributed by atoms with Crippen LogP contribution in [-0.2, 0) is 10.0 Å². The number of halogens is 1. The Kier molecular flexibility index (Phi) is 7.19. The minimum Gasteiger partial charge on any atom is -0.345 e. The summed E-state index contributed by atoms with van der Waals surface area (Å²) < 4.78 is 26.5. The third-order valence-corrected chi connectivity index (χ3v) is 6.98. The molecule has 7 heteroatoms. The Morgan fingerprint density at radius 2 is 1.74 bits per heavy atom. The number of carbonyl (C=O) groups is 1. The van der Waals surface area contributed by atoms with Crippen LogP contribution in [-0.4, -0.2) is 32.7 Å². The van der Waals surface area contributed by atoms with Crippen molar-refractivity contribution in [1.29, 1.82) is 0 Å². The molecule has 0 spiro atoms. The Labute approximate surface area is 170 Å². The number of nitrogens with one attached hydrogen (secondary N) is 1. The van der Waals surface area contributed by atoms with Gasteiger partial charge in [-0.3, -0.25) is 4.79 Å². The number of nitrogens with zero attached hydrogens (tertiary/aromatic N) is 1. The quantitative estimate of drug-likeness (QED) is 0.683. The van der Waals surface area contributed by atoms with E-state index in [-0.39, 0.29) is 16.8 Å². The molecular formula is C20H25BrN2O3S. The Hall–Kier alpha value is -1.70. The molecule has 0 heterocycles. The van der Waals surface area contributed by atoms with Gasteiger partial charge in [0.05, 0.1) is 10.9 Å². The first-order chi connectivity index (χ1) is 12.6. The molecule has 0 aromatic heterocycles. The molecule has 1 amide bonds. The first-order valence-electron chi connectivity index (χ1n) is 8.70. The standard InChI is InChI=1S/C20H25BrN2O3S/c1-14(2)12-18(15-8-6-5-7-9-15)22-20(24)16-10-11-17(21)19(13-16)27(25,26)23(3)4/h5-11,13-14,18H,12H2,1-4H3,(H,22,24). The van der Waals surface area contributed by atoms with Gasteiger partial charge in [0.25, 0.3) is 5.91 Å². The van der Waals surface area contributed by atoms with Crippen LogP contribution in [0.3, 0.4) is 0 Å². The molecule has 0 saturated heterocycles. The summed E-state index contributed by atoms with van der Waals surface area (Å²) in [7, 11) is -0.735. The van der Waals surface area contributed by atoms with Crippen LogP contribution in [0.2, 0.25) is 0 Å². The third-order valence-electron chi connectivity index (χ3n) is 4.17. The normalized spacial score (nSPS) is 13.0. The summed E-state index contributed by atoms with van der Waals surface area (Å²) in [5, 5.41) is 3.05. The predicted molar refractivity (Wildman–Crippen MR) is 111 cm³/mol. The number of hydrogen-bond donors (Lipinski definition) is 1. The van der Waals surface area contributed by atoms with Gasteiger partial charge in [-0.1, -0.05) is 44.2 Å². The first kappa shape index (κ1) is 21.6. The average Bonchev–Trinajstić information content (AvgIpc) is 2.61. The highest BCUT2D eigenvalue weighted by molar-refractivity contribution is 9.10. The molecule has 5 nitrogen and oxygen atoms in total. The molecule has 0 bridgehead atoms. The fourth-order valence-corrected chi connectivity index (χ4v) is 4.56. The summed E-state index contributed by atoms with van der Waals surface area (Å²) in [5.41, 5.74) is 1.33. The van der Waals surface area contributed by atoms with Crippen LogP contribution >= 0.6 is 15.9 Å². The number of benzene rings is 2. The number of carbonyl (C=O) groups excluding carboxylic acids is 1. The second-order valence-corrected chi connectivity index (χ2v) is 9.97. The van der Waals surface area contributed by atoms with E-state index in [0.717, 1.165) is 16.3 Å². The zero-order valence-electron chi connectivity index (χ0n) is 15.9. The van der Waals surface area contributed by atoms with E-state index in [2.05, 4.69) is 35.1 Å². The highest BCUT2D eigenvalue weighted by Gasteiger charge is 2.23. The summed E-state index contributed by atoms with van der Waals surface area (Å²) in [6, 6.07) is 14.3.